The lowest BCUT2D eigenvalue weighted by Crippen LogP contribution is -2.06. The molecule has 0 aliphatic carbocycles. The summed E-state index contributed by atoms with van der Waals surface area (Å²) in [7, 11) is 0. The highest BCUT2D eigenvalue weighted by atomic mass is 35.5. The zero-order valence-corrected chi connectivity index (χ0v) is 10.7. The average molecular weight is 263 g/mol. The van der Waals surface area contributed by atoms with E-state index >= 15 is 0 Å². The Morgan fingerprint density at radius 3 is 2.89 bits per heavy atom. The third-order valence-electron chi connectivity index (χ3n) is 2.64. The molecule has 0 aliphatic heterocycles. The minimum atomic E-state index is 0.368. The van der Waals surface area contributed by atoms with Gasteiger partial charge in [0, 0.05) is 12.3 Å². The summed E-state index contributed by atoms with van der Waals surface area (Å²) in [4.78, 5) is 8.10. The predicted octanol–water partition coefficient (Wildman–Crippen LogP) is 2.09. The van der Waals surface area contributed by atoms with Crippen LogP contribution in [0, 0.1) is 0 Å². The Kier molecular flexibility index (Phi) is 2.52. The molecule has 0 unspecified atom stereocenters. The molecule has 3 aromatic rings. The van der Waals surface area contributed by atoms with E-state index in [-0.39, 0.29) is 0 Å². The zero-order chi connectivity index (χ0) is 12.7. The molecule has 7 heteroatoms. The highest BCUT2D eigenvalue weighted by Gasteiger charge is 2.10. The molecule has 0 saturated carbocycles. The fourth-order valence-electron chi connectivity index (χ4n) is 1.71. The van der Waals surface area contributed by atoms with E-state index in [9.17, 15) is 0 Å². The van der Waals surface area contributed by atoms with Gasteiger partial charge in [-0.25, -0.2) is 4.68 Å². The summed E-state index contributed by atoms with van der Waals surface area (Å²) in [6.45, 7) is 4.19. The van der Waals surface area contributed by atoms with E-state index in [1.807, 2.05) is 12.3 Å². The van der Waals surface area contributed by atoms with Crippen molar-refractivity contribution in [2.24, 2.45) is 0 Å². The van der Waals surface area contributed by atoms with Crippen LogP contribution in [0.5, 0.6) is 0 Å². The molecular formula is C11H11ClN6. The highest BCUT2D eigenvalue weighted by Crippen LogP contribution is 2.16. The molecule has 18 heavy (non-hydrogen) atoms. The molecule has 3 aromatic heterocycles. The van der Waals surface area contributed by atoms with Crippen molar-refractivity contribution in [1.29, 1.82) is 0 Å². The molecule has 0 radical (unpaired) electrons. The second-order valence-electron chi connectivity index (χ2n) is 4.25. The molecule has 0 spiro atoms. The fourth-order valence-corrected chi connectivity index (χ4v) is 1.88. The number of fused-ring (bicyclic) bond motifs is 1. The number of halogens is 1. The molecule has 0 fully saturated rings. The van der Waals surface area contributed by atoms with Crippen molar-refractivity contribution in [3.63, 3.8) is 0 Å². The summed E-state index contributed by atoms with van der Waals surface area (Å²) in [6.07, 6.45) is 3.32. The van der Waals surface area contributed by atoms with Gasteiger partial charge in [0.15, 0.2) is 5.82 Å². The van der Waals surface area contributed by atoms with E-state index in [4.69, 9.17) is 11.6 Å². The van der Waals surface area contributed by atoms with Gasteiger partial charge in [-0.1, -0.05) is 25.4 Å². The minimum Gasteiger partial charge on any atom is -0.222 e. The lowest BCUT2D eigenvalue weighted by molar-refractivity contribution is 0.733. The average Bonchev–Trinajstić information content (AvgIpc) is 2.95. The maximum absolute atomic E-state index is 5.97. The van der Waals surface area contributed by atoms with Gasteiger partial charge in [0.2, 0.25) is 0 Å². The largest absolute Gasteiger partial charge is 0.255 e. The van der Waals surface area contributed by atoms with Crippen molar-refractivity contribution in [2.75, 3.05) is 0 Å². The molecule has 92 valence electrons. The van der Waals surface area contributed by atoms with Crippen LogP contribution in [0.3, 0.4) is 0 Å². The van der Waals surface area contributed by atoms with Crippen LogP contribution in [0.15, 0.2) is 24.7 Å². The van der Waals surface area contributed by atoms with Crippen LogP contribution in [0.1, 0.15) is 25.5 Å². The molecule has 0 aliphatic rings. The summed E-state index contributed by atoms with van der Waals surface area (Å²) in [5.74, 6) is 1.54. The topological polar surface area (TPSA) is 60.9 Å². The van der Waals surface area contributed by atoms with E-state index in [1.54, 1.807) is 15.3 Å². The maximum atomic E-state index is 5.97. The lowest BCUT2D eigenvalue weighted by atomic mass is 10.1. The van der Waals surface area contributed by atoms with Gasteiger partial charge < -0.3 is 0 Å². The van der Waals surface area contributed by atoms with Gasteiger partial charge in [0.1, 0.15) is 11.5 Å². The van der Waals surface area contributed by atoms with Crippen molar-refractivity contribution in [1.82, 2.24) is 29.4 Å². The number of rotatable bonds is 2. The maximum Gasteiger partial charge on any atom is 0.255 e. The standard InChI is InChI=1S/C11H11ClN6/c1-7(2)8-3-4-17(16-8)10-5-9(12)15-11-13-6-14-18(10)11/h3-7H,1-2H3. The Balaban J connectivity index is 2.20. The monoisotopic (exact) mass is 262 g/mol. The van der Waals surface area contributed by atoms with Crippen LogP contribution in [-0.2, 0) is 0 Å². The van der Waals surface area contributed by atoms with E-state index in [0.29, 0.717) is 16.8 Å². The summed E-state index contributed by atoms with van der Waals surface area (Å²) < 4.78 is 3.33. The van der Waals surface area contributed by atoms with Gasteiger partial charge in [0.05, 0.1) is 5.69 Å². The van der Waals surface area contributed by atoms with Gasteiger partial charge in [-0.15, -0.1) is 0 Å². The van der Waals surface area contributed by atoms with Crippen molar-refractivity contribution in [3.8, 4) is 5.82 Å². The third kappa shape index (κ3) is 1.74. The SMILES string of the molecule is CC(C)c1ccn(-c2cc(Cl)nc3ncnn23)n1. The molecule has 0 aromatic carbocycles. The van der Waals surface area contributed by atoms with Crippen LogP contribution in [0.2, 0.25) is 5.15 Å². The van der Waals surface area contributed by atoms with E-state index in [2.05, 4.69) is 34.0 Å². The summed E-state index contributed by atoms with van der Waals surface area (Å²) in [5.41, 5.74) is 1.01. The predicted molar refractivity (Wildman–Crippen MR) is 67.0 cm³/mol. The van der Waals surface area contributed by atoms with Crippen LogP contribution in [0.4, 0.5) is 0 Å². The number of nitrogens with zero attached hydrogens (tertiary/aromatic N) is 6. The first kappa shape index (κ1) is 11.2. The van der Waals surface area contributed by atoms with Gasteiger partial charge in [-0.05, 0) is 12.0 Å². The van der Waals surface area contributed by atoms with E-state index < -0.39 is 0 Å². The molecule has 3 heterocycles. The fraction of sp³-hybridized carbons (Fsp3) is 0.273. The highest BCUT2D eigenvalue weighted by molar-refractivity contribution is 6.29. The van der Waals surface area contributed by atoms with Crippen LogP contribution >= 0.6 is 11.6 Å². The Morgan fingerprint density at radius 2 is 2.17 bits per heavy atom. The summed E-state index contributed by atoms with van der Waals surface area (Å²) in [6, 6.07) is 3.68. The molecule has 0 N–H and O–H groups in total. The van der Waals surface area contributed by atoms with Crippen LogP contribution in [0.25, 0.3) is 11.6 Å². The van der Waals surface area contributed by atoms with Gasteiger partial charge in [0.25, 0.3) is 5.78 Å². The van der Waals surface area contributed by atoms with Crippen LogP contribution in [-0.4, -0.2) is 29.4 Å². The zero-order valence-electron chi connectivity index (χ0n) is 9.95. The van der Waals surface area contributed by atoms with Gasteiger partial charge >= 0.3 is 0 Å². The molecule has 0 amide bonds. The second kappa shape index (κ2) is 4.06. The molecule has 0 atom stereocenters. The van der Waals surface area contributed by atoms with Gasteiger partial charge in [-0.3, -0.25) is 0 Å². The molecule has 6 nitrogen and oxygen atoms in total. The number of hydrogen-bond donors (Lipinski definition) is 0. The van der Waals surface area contributed by atoms with Crippen molar-refractivity contribution >= 4 is 17.4 Å². The minimum absolute atomic E-state index is 0.368. The lowest BCUT2D eigenvalue weighted by Gasteiger charge is -2.04. The number of aromatic nitrogens is 6. The first-order chi connectivity index (χ1) is 8.65. The number of hydrogen-bond acceptors (Lipinski definition) is 4. The Morgan fingerprint density at radius 1 is 1.33 bits per heavy atom. The van der Waals surface area contributed by atoms with E-state index in [1.165, 1.54) is 6.33 Å². The first-order valence-electron chi connectivity index (χ1n) is 5.57. The van der Waals surface area contributed by atoms with Crippen molar-refractivity contribution in [2.45, 2.75) is 19.8 Å². The van der Waals surface area contributed by atoms with Gasteiger partial charge in [-0.2, -0.15) is 24.7 Å². The van der Waals surface area contributed by atoms with Crippen molar-refractivity contribution in [3.05, 3.63) is 35.5 Å². The summed E-state index contributed by atoms with van der Waals surface area (Å²) >= 11 is 5.97. The van der Waals surface area contributed by atoms with Crippen molar-refractivity contribution < 1.29 is 0 Å². The Labute approximate surface area is 108 Å². The smallest absolute Gasteiger partial charge is 0.222 e. The normalized spacial score (nSPS) is 11.6. The van der Waals surface area contributed by atoms with Crippen LogP contribution < -0.4 is 0 Å². The van der Waals surface area contributed by atoms with E-state index in [0.717, 1.165) is 11.5 Å². The quantitative estimate of drug-likeness (QED) is 0.664. The molecule has 3 rings (SSSR count). The molecule has 0 bridgehead atoms. The Bertz CT molecular complexity index is 698. The molecular weight excluding hydrogens is 252 g/mol. The first-order valence-corrected chi connectivity index (χ1v) is 5.95. The second-order valence-corrected chi connectivity index (χ2v) is 4.64. The Hall–Kier alpha value is -1.95. The summed E-state index contributed by atoms with van der Waals surface area (Å²) in [5, 5.41) is 8.97. The molecule has 0 saturated heterocycles. The third-order valence-corrected chi connectivity index (χ3v) is 2.83.